The second-order valence-corrected chi connectivity index (χ2v) is 5.08. The van der Waals surface area contributed by atoms with E-state index in [4.69, 9.17) is 0 Å². The van der Waals surface area contributed by atoms with Crippen molar-refractivity contribution < 1.29 is 5.11 Å². The summed E-state index contributed by atoms with van der Waals surface area (Å²) >= 11 is 1.54. The van der Waals surface area contributed by atoms with Crippen molar-refractivity contribution in [3.63, 3.8) is 0 Å². The average Bonchev–Trinajstić information content (AvgIpc) is 2.81. The van der Waals surface area contributed by atoms with E-state index < -0.39 is 0 Å². The zero-order chi connectivity index (χ0) is 10.5. The average molecular weight is 226 g/mol. The first-order chi connectivity index (χ1) is 7.36. The molecule has 1 saturated heterocycles. The highest BCUT2D eigenvalue weighted by Crippen LogP contribution is 2.25. The summed E-state index contributed by atoms with van der Waals surface area (Å²) < 4.78 is 0. The number of aliphatic hydroxyl groups is 1. The topological polar surface area (TPSA) is 45.1 Å². The molecule has 2 rings (SSSR count). The number of hydrogen-bond donors (Lipinski definition) is 2. The molecule has 3 nitrogen and oxygen atoms in total. The van der Waals surface area contributed by atoms with Crippen LogP contribution in [0.5, 0.6) is 0 Å². The van der Waals surface area contributed by atoms with E-state index in [1.807, 2.05) is 5.38 Å². The summed E-state index contributed by atoms with van der Waals surface area (Å²) in [6.07, 6.45) is 5.91. The molecule has 2 N–H and O–H groups in total. The molecule has 1 aliphatic rings. The van der Waals surface area contributed by atoms with Crippen LogP contribution in [0.1, 0.15) is 36.8 Å². The zero-order valence-electron chi connectivity index (χ0n) is 8.85. The van der Waals surface area contributed by atoms with Gasteiger partial charge in [-0.25, -0.2) is 4.98 Å². The molecular formula is C11H18N2OS. The monoisotopic (exact) mass is 226 g/mol. The van der Waals surface area contributed by atoms with Gasteiger partial charge in [0.2, 0.25) is 0 Å². The Bertz CT molecular complexity index is 270. The SMILES string of the molecule is OC(CCC1CCNCC1)c1nccs1. The molecule has 2 heterocycles. The van der Waals surface area contributed by atoms with E-state index in [1.54, 1.807) is 17.5 Å². The maximum Gasteiger partial charge on any atom is 0.121 e. The van der Waals surface area contributed by atoms with Gasteiger partial charge in [-0.15, -0.1) is 11.3 Å². The lowest BCUT2D eigenvalue weighted by molar-refractivity contribution is 0.152. The molecule has 0 aromatic carbocycles. The quantitative estimate of drug-likeness (QED) is 0.825. The predicted octanol–water partition coefficient (Wildman–Crippen LogP) is 1.96. The first kappa shape index (κ1) is 11.0. The van der Waals surface area contributed by atoms with Crippen molar-refractivity contribution in [3.8, 4) is 0 Å². The number of aromatic nitrogens is 1. The van der Waals surface area contributed by atoms with Gasteiger partial charge in [0.15, 0.2) is 0 Å². The van der Waals surface area contributed by atoms with Crippen molar-refractivity contribution in [1.29, 1.82) is 0 Å². The minimum Gasteiger partial charge on any atom is -0.386 e. The number of aliphatic hydroxyl groups excluding tert-OH is 1. The van der Waals surface area contributed by atoms with Gasteiger partial charge in [-0.1, -0.05) is 0 Å². The van der Waals surface area contributed by atoms with Crippen LogP contribution in [0.25, 0.3) is 0 Å². The van der Waals surface area contributed by atoms with Crippen LogP contribution < -0.4 is 5.32 Å². The molecule has 1 aliphatic heterocycles. The van der Waals surface area contributed by atoms with Crippen LogP contribution in [0.15, 0.2) is 11.6 Å². The summed E-state index contributed by atoms with van der Waals surface area (Å²) in [7, 11) is 0. The molecular weight excluding hydrogens is 208 g/mol. The predicted molar refractivity (Wildman–Crippen MR) is 61.9 cm³/mol. The highest BCUT2D eigenvalue weighted by molar-refractivity contribution is 7.09. The van der Waals surface area contributed by atoms with Gasteiger partial charge in [0.25, 0.3) is 0 Å². The molecule has 1 fully saturated rings. The number of nitrogens with one attached hydrogen (secondary N) is 1. The molecule has 0 amide bonds. The lowest BCUT2D eigenvalue weighted by Crippen LogP contribution is -2.27. The fourth-order valence-corrected chi connectivity index (χ4v) is 2.74. The van der Waals surface area contributed by atoms with E-state index in [9.17, 15) is 5.11 Å². The zero-order valence-corrected chi connectivity index (χ0v) is 9.67. The van der Waals surface area contributed by atoms with Crippen molar-refractivity contribution in [2.45, 2.75) is 31.8 Å². The maximum absolute atomic E-state index is 9.87. The largest absolute Gasteiger partial charge is 0.386 e. The molecule has 0 saturated carbocycles. The van der Waals surface area contributed by atoms with Gasteiger partial charge >= 0.3 is 0 Å². The van der Waals surface area contributed by atoms with Gasteiger partial charge in [-0.3, -0.25) is 0 Å². The van der Waals surface area contributed by atoms with Crippen LogP contribution in [0, 0.1) is 5.92 Å². The van der Waals surface area contributed by atoms with Gasteiger partial charge in [-0.05, 0) is 44.7 Å². The van der Waals surface area contributed by atoms with E-state index in [-0.39, 0.29) is 6.10 Å². The summed E-state index contributed by atoms with van der Waals surface area (Å²) in [6, 6.07) is 0. The highest BCUT2D eigenvalue weighted by Gasteiger charge is 2.16. The van der Waals surface area contributed by atoms with Crippen LogP contribution in [-0.2, 0) is 0 Å². The molecule has 0 bridgehead atoms. The van der Waals surface area contributed by atoms with Crippen molar-refractivity contribution in [3.05, 3.63) is 16.6 Å². The lowest BCUT2D eigenvalue weighted by Gasteiger charge is -2.23. The summed E-state index contributed by atoms with van der Waals surface area (Å²) in [5.74, 6) is 0.792. The van der Waals surface area contributed by atoms with Crippen LogP contribution in [-0.4, -0.2) is 23.2 Å². The summed E-state index contributed by atoms with van der Waals surface area (Å²) in [5, 5.41) is 16.0. The molecule has 0 aliphatic carbocycles. The van der Waals surface area contributed by atoms with Gasteiger partial charge in [0, 0.05) is 11.6 Å². The third kappa shape index (κ3) is 3.26. The van der Waals surface area contributed by atoms with Crippen LogP contribution in [0.3, 0.4) is 0 Å². The van der Waals surface area contributed by atoms with Gasteiger partial charge in [0.1, 0.15) is 11.1 Å². The normalized spacial score (nSPS) is 20.3. The number of hydrogen-bond acceptors (Lipinski definition) is 4. The Morgan fingerprint density at radius 3 is 3.00 bits per heavy atom. The Hall–Kier alpha value is -0.450. The highest BCUT2D eigenvalue weighted by atomic mass is 32.1. The fourth-order valence-electron chi connectivity index (χ4n) is 2.09. The molecule has 84 valence electrons. The Balaban J connectivity index is 1.73. The number of piperidine rings is 1. The van der Waals surface area contributed by atoms with E-state index in [1.165, 1.54) is 12.8 Å². The van der Waals surface area contributed by atoms with Crippen LogP contribution in [0.2, 0.25) is 0 Å². The van der Waals surface area contributed by atoms with Crippen molar-refractivity contribution in [2.75, 3.05) is 13.1 Å². The molecule has 0 radical (unpaired) electrons. The number of rotatable bonds is 4. The van der Waals surface area contributed by atoms with E-state index >= 15 is 0 Å². The van der Waals surface area contributed by atoms with Crippen LogP contribution >= 0.6 is 11.3 Å². The summed E-state index contributed by atoms with van der Waals surface area (Å²) in [6.45, 7) is 2.27. The Labute approximate surface area is 94.5 Å². The number of nitrogens with zero attached hydrogens (tertiary/aromatic N) is 1. The Morgan fingerprint density at radius 2 is 2.33 bits per heavy atom. The van der Waals surface area contributed by atoms with Gasteiger partial charge in [-0.2, -0.15) is 0 Å². The maximum atomic E-state index is 9.87. The van der Waals surface area contributed by atoms with E-state index in [2.05, 4.69) is 10.3 Å². The van der Waals surface area contributed by atoms with Gasteiger partial charge in [0.05, 0.1) is 0 Å². The third-order valence-corrected chi connectivity index (χ3v) is 3.92. The smallest absolute Gasteiger partial charge is 0.121 e. The molecule has 1 atom stereocenters. The van der Waals surface area contributed by atoms with Crippen molar-refractivity contribution >= 4 is 11.3 Å². The number of thiazole rings is 1. The summed E-state index contributed by atoms with van der Waals surface area (Å²) in [4.78, 5) is 4.14. The van der Waals surface area contributed by atoms with Gasteiger partial charge < -0.3 is 10.4 Å². The second-order valence-electron chi connectivity index (χ2n) is 4.16. The molecule has 0 spiro atoms. The Morgan fingerprint density at radius 1 is 1.53 bits per heavy atom. The standard InChI is InChI=1S/C11H18N2OS/c14-10(11-13-7-8-15-11)2-1-9-3-5-12-6-4-9/h7-10,12,14H,1-6H2. The molecule has 1 aromatic heterocycles. The minimum atomic E-state index is -0.347. The van der Waals surface area contributed by atoms with Crippen molar-refractivity contribution in [2.24, 2.45) is 5.92 Å². The third-order valence-electron chi connectivity index (χ3n) is 3.04. The molecule has 15 heavy (non-hydrogen) atoms. The van der Waals surface area contributed by atoms with Crippen LogP contribution in [0.4, 0.5) is 0 Å². The first-order valence-corrected chi connectivity index (χ1v) is 6.52. The van der Waals surface area contributed by atoms with Crippen molar-refractivity contribution in [1.82, 2.24) is 10.3 Å². The minimum absolute atomic E-state index is 0.347. The van der Waals surface area contributed by atoms with E-state index in [0.29, 0.717) is 0 Å². The Kier molecular flexibility index (Phi) is 4.11. The molecule has 1 unspecified atom stereocenters. The lowest BCUT2D eigenvalue weighted by atomic mass is 9.92. The molecule has 1 aromatic rings. The summed E-state index contributed by atoms with van der Waals surface area (Å²) in [5.41, 5.74) is 0. The first-order valence-electron chi connectivity index (χ1n) is 5.64. The molecule has 4 heteroatoms. The van der Waals surface area contributed by atoms with E-state index in [0.717, 1.165) is 36.9 Å². The fraction of sp³-hybridized carbons (Fsp3) is 0.727. The second kappa shape index (κ2) is 5.58.